The Balaban J connectivity index is 1.41. The predicted molar refractivity (Wildman–Crippen MR) is 139 cm³/mol. The van der Waals surface area contributed by atoms with Crippen molar-refractivity contribution in [1.29, 1.82) is 0 Å². The number of methoxy groups -OCH3 is 1. The van der Waals surface area contributed by atoms with E-state index in [1.54, 1.807) is 43.5 Å². The smallest absolute Gasteiger partial charge is 0.251 e. The van der Waals surface area contributed by atoms with Gasteiger partial charge >= 0.3 is 0 Å². The van der Waals surface area contributed by atoms with Crippen LogP contribution in [0.4, 0.5) is 23.1 Å². The van der Waals surface area contributed by atoms with Gasteiger partial charge in [-0.05, 0) is 58.4 Å². The lowest BCUT2D eigenvalue weighted by atomic mass is 9.87. The summed E-state index contributed by atoms with van der Waals surface area (Å²) < 4.78 is 5.58. The van der Waals surface area contributed by atoms with Crippen LogP contribution in [0.25, 0.3) is 0 Å². The summed E-state index contributed by atoms with van der Waals surface area (Å²) in [6, 6.07) is 5.83. The summed E-state index contributed by atoms with van der Waals surface area (Å²) in [6.45, 7) is 6.29. The summed E-state index contributed by atoms with van der Waals surface area (Å²) in [5, 5.41) is 6.30. The fraction of sp³-hybridized carbons (Fsp3) is 0.538. The minimum atomic E-state index is -0.535. The Morgan fingerprint density at radius 1 is 1.19 bits per heavy atom. The molecule has 1 aliphatic carbocycles. The normalized spacial score (nSPS) is 20.2. The van der Waals surface area contributed by atoms with Gasteiger partial charge in [0.1, 0.15) is 11.4 Å². The van der Waals surface area contributed by atoms with Gasteiger partial charge in [0.05, 0.1) is 30.5 Å². The van der Waals surface area contributed by atoms with Gasteiger partial charge in [0.25, 0.3) is 5.91 Å². The Kier molecular flexibility index (Phi) is 6.23. The number of likely N-dealkylation sites (N-methyl/N-ethyl adjacent to an activating group) is 1. The number of benzene rings is 1. The number of amides is 2. The molecule has 192 valence electrons. The standard InChI is InChI=1S/C26H35N7O3/c1-26(2)15-33(18-7-6-8-18)22-20(32(4)24(26)35)12-27-25(30-22)29-19-10-9-16(11-21(19)36-5)23(34)28-17-13-31(3)14-17/h9-12,17-18H,6-8,13-15H2,1-5H3,(H,28,34)(H,27,29,30). The fourth-order valence-electron chi connectivity index (χ4n) is 5.12. The van der Waals surface area contributed by atoms with Crippen molar-refractivity contribution in [1.82, 2.24) is 20.2 Å². The van der Waals surface area contributed by atoms with Gasteiger partial charge in [-0.1, -0.05) is 0 Å². The molecule has 0 spiro atoms. The number of ether oxygens (including phenoxy) is 1. The van der Waals surface area contributed by atoms with E-state index in [1.165, 1.54) is 6.42 Å². The Bertz CT molecular complexity index is 1170. The van der Waals surface area contributed by atoms with E-state index in [4.69, 9.17) is 9.72 Å². The summed E-state index contributed by atoms with van der Waals surface area (Å²) >= 11 is 0. The van der Waals surface area contributed by atoms with Crippen LogP contribution in [0.3, 0.4) is 0 Å². The molecule has 3 aliphatic rings. The first-order valence-corrected chi connectivity index (χ1v) is 12.5. The third kappa shape index (κ3) is 4.45. The van der Waals surface area contributed by atoms with E-state index >= 15 is 0 Å². The second-order valence-electron chi connectivity index (χ2n) is 10.8. The van der Waals surface area contributed by atoms with Crippen molar-refractivity contribution < 1.29 is 14.3 Å². The Hall–Kier alpha value is -3.40. The van der Waals surface area contributed by atoms with Gasteiger partial charge in [-0.2, -0.15) is 4.98 Å². The molecule has 2 aliphatic heterocycles. The summed E-state index contributed by atoms with van der Waals surface area (Å²) in [6.07, 6.45) is 5.08. The summed E-state index contributed by atoms with van der Waals surface area (Å²) in [5.41, 5.74) is 1.37. The largest absolute Gasteiger partial charge is 0.495 e. The Morgan fingerprint density at radius 2 is 1.94 bits per heavy atom. The number of fused-ring (bicyclic) bond motifs is 1. The third-order valence-corrected chi connectivity index (χ3v) is 7.46. The molecule has 2 N–H and O–H groups in total. The zero-order valence-electron chi connectivity index (χ0n) is 21.7. The van der Waals surface area contributed by atoms with Crippen molar-refractivity contribution >= 4 is 35.0 Å². The highest BCUT2D eigenvalue weighted by molar-refractivity contribution is 6.01. The second-order valence-corrected chi connectivity index (χ2v) is 10.8. The first kappa shape index (κ1) is 24.3. The molecule has 10 nitrogen and oxygen atoms in total. The molecule has 5 rings (SSSR count). The van der Waals surface area contributed by atoms with E-state index in [1.807, 2.05) is 20.9 Å². The lowest BCUT2D eigenvalue weighted by Gasteiger charge is -2.40. The molecule has 2 amide bonds. The molecule has 1 aromatic carbocycles. The van der Waals surface area contributed by atoms with Crippen LogP contribution in [0, 0.1) is 5.41 Å². The van der Waals surface area contributed by atoms with Crippen molar-refractivity contribution in [3.05, 3.63) is 30.0 Å². The molecule has 0 radical (unpaired) electrons. The lowest BCUT2D eigenvalue weighted by Crippen LogP contribution is -2.57. The zero-order valence-corrected chi connectivity index (χ0v) is 21.7. The number of carbonyl (C=O) groups is 2. The molecule has 0 bridgehead atoms. The predicted octanol–water partition coefficient (Wildman–Crippen LogP) is 2.63. The number of anilines is 4. The van der Waals surface area contributed by atoms with Crippen LogP contribution in [0.2, 0.25) is 0 Å². The van der Waals surface area contributed by atoms with Crippen LogP contribution in [0.1, 0.15) is 43.5 Å². The molecule has 0 unspecified atom stereocenters. The molecule has 36 heavy (non-hydrogen) atoms. The van der Waals surface area contributed by atoms with E-state index < -0.39 is 5.41 Å². The highest BCUT2D eigenvalue weighted by Crippen LogP contribution is 2.41. The number of likely N-dealkylation sites (tertiary alicyclic amines) is 1. The molecule has 2 fully saturated rings. The SMILES string of the molecule is COc1cc(C(=O)NC2CN(C)C2)ccc1Nc1ncc2c(n1)N(C1CCC1)CC(C)(C)C(=O)N2C. The van der Waals surface area contributed by atoms with Crippen molar-refractivity contribution in [2.45, 2.75) is 45.2 Å². The highest BCUT2D eigenvalue weighted by Gasteiger charge is 2.42. The summed E-state index contributed by atoms with van der Waals surface area (Å²) in [4.78, 5) is 41.3. The minimum absolute atomic E-state index is 0.0546. The molecule has 1 saturated carbocycles. The van der Waals surface area contributed by atoms with Crippen LogP contribution >= 0.6 is 0 Å². The minimum Gasteiger partial charge on any atom is -0.495 e. The first-order chi connectivity index (χ1) is 17.2. The fourth-order valence-corrected chi connectivity index (χ4v) is 5.12. The van der Waals surface area contributed by atoms with Crippen molar-refractivity contribution in [3.63, 3.8) is 0 Å². The van der Waals surface area contributed by atoms with Crippen LogP contribution < -0.4 is 25.2 Å². The molecule has 1 aromatic heterocycles. The van der Waals surface area contributed by atoms with E-state index in [0.717, 1.165) is 31.7 Å². The van der Waals surface area contributed by atoms with Crippen LogP contribution in [0.15, 0.2) is 24.4 Å². The van der Waals surface area contributed by atoms with E-state index in [9.17, 15) is 9.59 Å². The average molecular weight is 494 g/mol. The van der Waals surface area contributed by atoms with Crippen LogP contribution in [0.5, 0.6) is 5.75 Å². The van der Waals surface area contributed by atoms with Crippen molar-refractivity contribution in [2.24, 2.45) is 5.41 Å². The number of rotatable bonds is 6. The molecule has 0 atom stereocenters. The van der Waals surface area contributed by atoms with Gasteiger partial charge in [-0.25, -0.2) is 4.98 Å². The molecular formula is C26H35N7O3. The number of nitrogens with zero attached hydrogens (tertiary/aromatic N) is 5. The van der Waals surface area contributed by atoms with Gasteiger partial charge < -0.3 is 30.1 Å². The summed E-state index contributed by atoms with van der Waals surface area (Å²) in [5.74, 6) is 1.63. The topological polar surface area (TPSA) is 103 Å². The number of hydrogen-bond donors (Lipinski definition) is 2. The number of nitrogens with one attached hydrogen (secondary N) is 2. The monoisotopic (exact) mass is 493 g/mol. The number of carbonyl (C=O) groups excluding carboxylic acids is 2. The molecular weight excluding hydrogens is 458 g/mol. The van der Waals surface area contributed by atoms with Crippen LogP contribution in [-0.4, -0.2) is 79.6 Å². The number of aromatic nitrogens is 2. The maximum Gasteiger partial charge on any atom is 0.251 e. The van der Waals surface area contributed by atoms with Gasteiger partial charge in [0.15, 0.2) is 5.82 Å². The zero-order chi connectivity index (χ0) is 25.6. The molecule has 3 heterocycles. The quantitative estimate of drug-likeness (QED) is 0.633. The number of hydrogen-bond acceptors (Lipinski definition) is 8. The van der Waals surface area contributed by atoms with Gasteiger partial charge in [0.2, 0.25) is 11.9 Å². The van der Waals surface area contributed by atoms with Crippen LogP contribution in [-0.2, 0) is 4.79 Å². The third-order valence-electron chi connectivity index (χ3n) is 7.46. The van der Waals surface area contributed by atoms with Gasteiger partial charge in [-0.15, -0.1) is 0 Å². The Morgan fingerprint density at radius 3 is 2.58 bits per heavy atom. The Labute approximate surface area is 212 Å². The van der Waals surface area contributed by atoms with Gasteiger partial charge in [-0.3, -0.25) is 9.59 Å². The average Bonchev–Trinajstić information content (AvgIpc) is 2.86. The van der Waals surface area contributed by atoms with E-state index in [2.05, 4.69) is 25.4 Å². The maximum absolute atomic E-state index is 13.1. The maximum atomic E-state index is 13.1. The lowest BCUT2D eigenvalue weighted by molar-refractivity contribution is -0.125. The second kappa shape index (κ2) is 9.24. The summed E-state index contributed by atoms with van der Waals surface area (Å²) in [7, 11) is 5.39. The first-order valence-electron chi connectivity index (χ1n) is 12.5. The van der Waals surface area contributed by atoms with Crippen molar-refractivity contribution in [3.8, 4) is 5.75 Å². The molecule has 10 heteroatoms. The highest BCUT2D eigenvalue weighted by atomic mass is 16.5. The molecule has 1 saturated heterocycles. The van der Waals surface area contributed by atoms with Crippen molar-refractivity contribution in [2.75, 3.05) is 56.0 Å². The van der Waals surface area contributed by atoms with Gasteiger partial charge in [0, 0.05) is 38.3 Å². The van der Waals surface area contributed by atoms with E-state index in [0.29, 0.717) is 41.2 Å². The van der Waals surface area contributed by atoms with E-state index in [-0.39, 0.29) is 17.9 Å². The molecule has 2 aromatic rings.